The Bertz CT molecular complexity index is 379. The number of benzene rings is 1. The van der Waals surface area contributed by atoms with E-state index in [-0.39, 0.29) is 12.3 Å². The molecule has 1 rings (SSSR count). The van der Waals surface area contributed by atoms with Crippen LogP contribution in [-0.2, 0) is 11.3 Å². The van der Waals surface area contributed by atoms with Gasteiger partial charge in [-0.1, -0.05) is 24.1 Å². The fraction of sp³-hybridized carbons (Fsp3) is 0.250. The largest absolute Gasteiger partial charge is 0.325 e. The maximum Gasteiger partial charge on any atom is 0.236 e. The molecule has 0 spiro atoms. The van der Waals surface area contributed by atoms with Gasteiger partial charge in [0.1, 0.15) is 0 Å². The third kappa shape index (κ3) is 3.45. The number of carbonyl (C=O) groups excluding carboxylic acids is 1. The van der Waals surface area contributed by atoms with E-state index in [1.165, 1.54) is 0 Å². The van der Waals surface area contributed by atoms with Crippen molar-refractivity contribution in [3.63, 3.8) is 0 Å². The van der Waals surface area contributed by atoms with Crippen LogP contribution in [-0.4, -0.2) is 13.0 Å². The molecule has 0 atom stereocenters. The molecule has 78 valence electrons. The van der Waals surface area contributed by atoms with Gasteiger partial charge < -0.3 is 10.6 Å². The Balaban J connectivity index is 2.75. The van der Waals surface area contributed by atoms with Crippen LogP contribution >= 0.6 is 0 Å². The molecular formula is C12H14N2O. The summed E-state index contributed by atoms with van der Waals surface area (Å²) < 4.78 is 0. The predicted octanol–water partition coefficient (Wildman–Crippen LogP) is 1.37. The highest BCUT2D eigenvalue weighted by Crippen LogP contribution is 2.14. The minimum atomic E-state index is -0.152. The Morgan fingerprint density at radius 2 is 2.20 bits per heavy atom. The fourth-order valence-electron chi connectivity index (χ4n) is 1.27. The summed E-state index contributed by atoms with van der Waals surface area (Å²) in [6.07, 6.45) is 5.16. The van der Waals surface area contributed by atoms with Crippen LogP contribution in [0.3, 0.4) is 0 Å². The van der Waals surface area contributed by atoms with Crippen LogP contribution in [0.1, 0.15) is 12.0 Å². The molecule has 1 aromatic rings. The summed E-state index contributed by atoms with van der Waals surface area (Å²) in [6, 6.07) is 7.64. The van der Waals surface area contributed by atoms with E-state index < -0.39 is 0 Å². The first-order valence-electron chi connectivity index (χ1n) is 4.73. The Kier molecular flexibility index (Phi) is 4.39. The Hall–Kier alpha value is -1.79. The molecule has 0 aliphatic heterocycles. The fourth-order valence-corrected chi connectivity index (χ4v) is 1.27. The standard InChI is InChI=1S/C12H14N2O/c1-3-6-12(15)14-11-8-5-4-7-10(11)9-13-2/h1,4-5,7-8,13H,6,9H2,2H3,(H,14,15). The van der Waals surface area contributed by atoms with Crippen molar-refractivity contribution in [1.29, 1.82) is 0 Å². The molecule has 0 heterocycles. The van der Waals surface area contributed by atoms with E-state index in [1.54, 1.807) is 0 Å². The second-order valence-electron chi connectivity index (χ2n) is 3.12. The highest BCUT2D eigenvalue weighted by Gasteiger charge is 2.03. The molecule has 1 aromatic carbocycles. The average Bonchev–Trinajstić information content (AvgIpc) is 2.21. The molecule has 2 N–H and O–H groups in total. The number of terminal acetylenes is 1. The van der Waals surface area contributed by atoms with Crippen LogP contribution in [0.15, 0.2) is 24.3 Å². The number of hydrogen-bond acceptors (Lipinski definition) is 2. The molecule has 0 aliphatic carbocycles. The first-order valence-corrected chi connectivity index (χ1v) is 4.73. The molecule has 0 unspecified atom stereocenters. The van der Waals surface area contributed by atoms with E-state index in [0.717, 1.165) is 11.3 Å². The minimum absolute atomic E-state index is 0.105. The van der Waals surface area contributed by atoms with Crippen LogP contribution < -0.4 is 10.6 Å². The van der Waals surface area contributed by atoms with Crippen molar-refractivity contribution in [2.45, 2.75) is 13.0 Å². The van der Waals surface area contributed by atoms with Gasteiger partial charge in [0.15, 0.2) is 0 Å². The van der Waals surface area contributed by atoms with Crippen LogP contribution in [0.25, 0.3) is 0 Å². The predicted molar refractivity (Wildman–Crippen MR) is 61.3 cm³/mol. The lowest BCUT2D eigenvalue weighted by molar-refractivity contribution is -0.115. The van der Waals surface area contributed by atoms with E-state index in [1.807, 2.05) is 31.3 Å². The number of rotatable bonds is 4. The number of anilines is 1. The highest BCUT2D eigenvalue weighted by molar-refractivity contribution is 5.92. The zero-order chi connectivity index (χ0) is 11.1. The molecule has 0 aromatic heterocycles. The highest BCUT2D eigenvalue weighted by atomic mass is 16.1. The Labute approximate surface area is 89.9 Å². The number of para-hydroxylation sites is 1. The number of nitrogens with one attached hydrogen (secondary N) is 2. The summed E-state index contributed by atoms with van der Waals surface area (Å²) in [6.45, 7) is 0.715. The normalized spacial score (nSPS) is 9.33. The van der Waals surface area contributed by atoms with Crippen molar-refractivity contribution >= 4 is 11.6 Å². The summed E-state index contributed by atoms with van der Waals surface area (Å²) in [4.78, 5) is 11.3. The summed E-state index contributed by atoms with van der Waals surface area (Å²) in [5.74, 6) is 2.16. The van der Waals surface area contributed by atoms with Gasteiger partial charge in [-0.25, -0.2) is 0 Å². The molecule has 3 heteroatoms. The Morgan fingerprint density at radius 3 is 2.87 bits per heavy atom. The number of carbonyl (C=O) groups is 1. The van der Waals surface area contributed by atoms with Gasteiger partial charge in [0.25, 0.3) is 0 Å². The Morgan fingerprint density at radius 1 is 1.47 bits per heavy atom. The third-order valence-corrected chi connectivity index (χ3v) is 1.92. The molecular weight excluding hydrogens is 188 g/mol. The van der Waals surface area contributed by atoms with Crippen LogP contribution in [0.4, 0.5) is 5.69 Å². The lowest BCUT2D eigenvalue weighted by atomic mass is 10.1. The molecule has 0 saturated carbocycles. The zero-order valence-electron chi connectivity index (χ0n) is 8.71. The SMILES string of the molecule is C#CCC(=O)Nc1ccccc1CNC. The number of amides is 1. The van der Waals surface area contributed by atoms with Crippen molar-refractivity contribution in [2.75, 3.05) is 12.4 Å². The molecule has 0 bridgehead atoms. The molecule has 1 amide bonds. The van der Waals surface area contributed by atoms with E-state index in [2.05, 4.69) is 16.6 Å². The third-order valence-electron chi connectivity index (χ3n) is 1.92. The summed E-state index contributed by atoms with van der Waals surface area (Å²) in [5.41, 5.74) is 1.86. The van der Waals surface area contributed by atoms with E-state index in [4.69, 9.17) is 6.42 Å². The van der Waals surface area contributed by atoms with Crippen molar-refractivity contribution in [3.05, 3.63) is 29.8 Å². The second kappa shape index (κ2) is 5.84. The van der Waals surface area contributed by atoms with Gasteiger partial charge in [0.05, 0.1) is 6.42 Å². The molecule has 0 saturated heterocycles. The van der Waals surface area contributed by atoms with Gasteiger partial charge >= 0.3 is 0 Å². The van der Waals surface area contributed by atoms with Gasteiger partial charge in [-0.3, -0.25) is 4.79 Å². The second-order valence-corrected chi connectivity index (χ2v) is 3.12. The van der Waals surface area contributed by atoms with Crippen molar-refractivity contribution < 1.29 is 4.79 Å². The molecule has 15 heavy (non-hydrogen) atoms. The molecule has 0 radical (unpaired) electrons. The van der Waals surface area contributed by atoms with Crippen LogP contribution in [0.2, 0.25) is 0 Å². The van der Waals surface area contributed by atoms with Gasteiger partial charge in [-0.15, -0.1) is 6.42 Å². The van der Waals surface area contributed by atoms with E-state index in [9.17, 15) is 4.79 Å². The van der Waals surface area contributed by atoms with Crippen LogP contribution in [0, 0.1) is 12.3 Å². The van der Waals surface area contributed by atoms with Gasteiger partial charge in [-0.2, -0.15) is 0 Å². The summed E-state index contributed by atoms with van der Waals surface area (Å²) in [7, 11) is 1.86. The van der Waals surface area contributed by atoms with Crippen molar-refractivity contribution in [2.24, 2.45) is 0 Å². The van der Waals surface area contributed by atoms with E-state index in [0.29, 0.717) is 6.54 Å². The zero-order valence-corrected chi connectivity index (χ0v) is 8.71. The first-order chi connectivity index (χ1) is 7.27. The molecule has 0 fully saturated rings. The molecule has 0 aliphatic rings. The lowest BCUT2D eigenvalue weighted by Gasteiger charge is -2.09. The number of hydrogen-bond donors (Lipinski definition) is 2. The topological polar surface area (TPSA) is 41.1 Å². The van der Waals surface area contributed by atoms with Gasteiger partial charge in [-0.05, 0) is 18.7 Å². The monoisotopic (exact) mass is 202 g/mol. The minimum Gasteiger partial charge on any atom is -0.325 e. The average molecular weight is 202 g/mol. The van der Waals surface area contributed by atoms with Gasteiger partial charge in [0.2, 0.25) is 5.91 Å². The summed E-state index contributed by atoms with van der Waals surface area (Å²) in [5, 5.41) is 5.81. The smallest absolute Gasteiger partial charge is 0.236 e. The first kappa shape index (κ1) is 11.3. The van der Waals surface area contributed by atoms with E-state index >= 15 is 0 Å². The van der Waals surface area contributed by atoms with Crippen molar-refractivity contribution in [3.8, 4) is 12.3 Å². The maximum atomic E-state index is 11.3. The van der Waals surface area contributed by atoms with Crippen molar-refractivity contribution in [1.82, 2.24) is 5.32 Å². The van der Waals surface area contributed by atoms with Crippen LogP contribution in [0.5, 0.6) is 0 Å². The lowest BCUT2D eigenvalue weighted by Crippen LogP contribution is -2.14. The summed E-state index contributed by atoms with van der Waals surface area (Å²) >= 11 is 0. The molecule has 3 nitrogen and oxygen atoms in total. The quantitative estimate of drug-likeness (QED) is 0.724. The van der Waals surface area contributed by atoms with Gasteiger partial charge in [0, 0.05) is 12.2 Å². The maximum absolute atomic E-state index is 11.3.